The van der Waals surface area contributed by atoms with E-state index in [9.17, 15) is 8.42 Å². The van der Waals surface area contributed by atoms with Crippen molar-refractivity contribution in [2.75, 3.05) is 20.2 Å². The summed E-state index contributed by atoms with van der Waals surface area (Å²) in [7, 11) is -2.09. The van der Waals surface area contributed by atoms with Crippen LogP contribution in [0.1, 0.15) is 29.5 Å². The molecule has 0 atom stereocenters. The summed E-state index contributed by atoms with van der Waals surface area (Å²) in [6.07, 6.45) is 1.36. The van der Waals surface area contributed by atoms with Crippen molar-refractivity contribution in [2.24, 2.45) is 0 Å². The Labute approximate surface area is 162 Å². The molecule has 1 aliphatic heterocycles. The number of benzene rings is 2. The summed E-state index contributed by atoms with van der Waals surface area (Å²) in [6, 6.07) is 11.4. The second-order valence-electron chi connectivity index (χ2n) is 7.12. The van der Waals surface area contributed by atoms with Gasteiger partial charge in [0.05, 0.1) is 7.11 Å². The van der Waals surface area contributed by atoms with Gasteiger partial charge in [0, 0.05) is 13.1 Å². The maximum absolute atomic E-state index is 13.1. The van der Waals surface area contributed by atoms with E-state index in [1.165, 1.54) is 17.0 Å². The highest BCUT2D eigenvalue weighted by atomic mass is 32.2. The number of aryl methyl sites for hydroxylation is 3. The third kappa shape index (κ3) is 4.28. The zero-order valence-corrected chi connectivity index (χ0v) is 17.2. The van der Waals surface area contributed by atoms with Gasteiger partial charge in [0.1, 0.15) is 22.5 Å². The van der Waals surface area contributed by atoms with Gasteiger partial charge in [-0.25, -0.2) is 8.42 Å². The van der Waals surface area contributed by atoms with Crippen LogP contribution in [0.25, 0.3) is 0 Å². The molecule has 1 saturated heterocycles. The third-order valence-corrected chi connectivity index (χ3v) is 7.04. The van der Waals surface area contributed by atoms with Crippen molar-refractivity contribution in [3.63, 3.8) is 0 Å². The zero-order valence-electron chi connectivity index (χ0n) is 16.4. The van der Waals surface area contributed by atoms with Crippen LogP contribution in [-0.2, 0) is 10.0 Å². The van der Waals surface area contributed by atoms with Crippen LogP contribution in [0.3, 0.4) is 0 Å². The van der Waals surface area contributed by atoms with Gasteiger partial charge in [-0.3, -0.25) is 0 Å². The number of hydrogen-bond acceptors (Lipinski definition) is 4. The van der Waals surface area contributed by atoms with Gasteiger partial charge in [0.15, 0.2) is 0 Å². The summed E-state index contributed by atoms with van der Waals surface area (Å²) >= 11 is 0. The predicted octanol–water partition coefficient (Wildman–Crippen LogP) is 3.85. The summed E-state index contributed by atoms with van der Waals surface area (Å²) in [6.45, 7) is 6.77. The molecule has 0 aromatic heterocycles. The van der Waals surface area contributed by atoms with E-state index in [1.807, 2.05) is 45.0 Å². The van der Waals surface area contributed by atoms with Crippen molar-refractivity contribution < 1.29 is 17.9 Å². The molecule has 1 heterocycles. The van der Waals surface area contributed by atoms with E-state index in [4.69, 9.17) is 9.47 Å². The first-order valence-electron chi connectivity index (χ1n) is 9.20. The zero-order chi connectivity index (χ0) is 19.6. The number of nitrogens with zero attached hydrogens (tertiary/aromatic N) is 1. The molecule has 0 spiro atoms. The number of methoxy groups -OCH3 is 1. The summed E-state index contributed by atoms with van der Waals surface area (Å²) in [5, 5.41) is 0. The lowest BCUT2D eigenvalue weighted by atomic mass is 10.1. The Balaban J connectivity index is 1.71. The minimum Gasteiger partial charge on any atom is -0.495 e. The van der Waals surface area contributed by atoms with Gasteiger partial charge in [-0.1, -0.05) is 17.7 Å². The molecule has 27 heavy (non-hydrogen) atoms. The lowest BCUT2D eigenvalue weighted by Gasteiger charge is -2.32. The quantitative estimate of drug-likeness (QED) is 0.779. The molecule has 0 bridgehead atoms. The minimum atomic E-state index is -3.59. The first kappa shape index (κ1) is 19.7. The molecule has 2 aromatic rings. The van der Waals surface area contributed by atoms with Crippen LogP contribution in [-0.4, -0.2) is 39.0 Å². The monoisotopic (exact) mass is 389 g/mol. The normalized spacial score (nSPS) is 16.3. The molecular formula is C21H27NO4S. The molecule has 0 N–H and O–H groups in total. The van der Waals surface area contributed by atoms with Crippen LogP contribution in [0.15, 0.2) is 41.3 Å². The average molecular weight is 390 g/mol. The molecule has 1 fully saturated rings. The third-order valence-electron chi connectivity index (χ3n) is 5.12. The largest absolute Gasteiger partial charge is 0.495 e. The Morgan fingerprint density at radius 1 is 0.963 bits per heavy atom. The Bertz CT molecular complexity index is 899. The van der Waals surface area contributed by atoms with Crippen molar-refractivity contribution in [3.8, 4) is 11.5 Å². The topological polar surface area (TPSA) is 55.8 Å². The van der Waals surface area contributed by atoms with Crippen molar-refractivity contribution in [1.29, 1.82) is 0 Å². The van der Waals surface area contributed by atoms with Crippen molar-refractivity contribution in [2.45, 2.75) is 44.6 Å². The molecule has 6 heteroatoms. The first-order valence-corrected chi connectivity index (χ1v) is 10.6. The molecule has 2 aromatic carbocycles. The van der Waals surface area contributed by atoms with Crippen molar-refractivity contribution >= 4 is 10.0 Å². The molecule has 3 rings (SSSR count). The summed E-state index contributed by atoms with van der Waals surface area (Å²) in [4.78, 5) is 0.242. The van der Waals surface area contributed by atoms with Gasteiger partial charge in [0.25, 0.3) is 0 Å². The molecule has 0 amide bonds. The highest BCUT2D eigenvalue weighted by Gasteiger charge is 2.32. The Morgan fingerprint density at radius 3 is 2.15 bits per heavy atom. The number of sulfonamides is 1. The van der Waals surface area contributed by atoms with Crippen LogP contribution < -0.4 is 9.47 Å². The van der Waals surface area contributed by atoms with Crippen LogP contribution in [0.2, 0.25) is 0 Å². The molecule has 5 nitrogen and oxygen atoms in total. The van der Waals surface area contributed by atoms with Crippen LogP contribution in [0.4, 0.5) is 0 Å². The van der Waals surface area contributed by atoms with E-state index < -0.39 is 10.0 Å². The van der Waals surface area contributed by atoms with E-state index in [0.717, 1.165) is 16.9 Å². The van der Waals surface area contributed by atoms with Crippen molar-refractivity contribution in [1.82, 2.24) is 4.31 Å². The number of hydrogen-bond donors (Lipinski definition) is 0. The first-order chi connectivity index (χ1) is 12.8. The molecule has 0 saturated carbocycles. The van der Waals surface area contributed by atoms with Gasteiger partial charge < -0.3 is 9.47 Å². The molecule has 1 aliphatic rings. The second kappa shape index (κ2) is 7.90. The summed E-state index contributed by atoms with van der Waals surface area (Å²) < 4.78 is 39.2. The maximum atomic E-state index is 13.1. The fourth-order valence-electron chi connectivity index (χ4n) is 3.26. The van der Waals surface area contributed by atoms with Gasteiger partial charge in [-0.05, 0) is 69.0 Å². The maximum Gasteiger partial charge on any atom is 0.246 e. The van der Waals surface area contributed by atoms with E-state index in [2.05, 4.69) is 0 Å². The molecule has 0 unspecified atom stereocenters. The summed E-state index contributed by atoms with van der Waals surface area (Å²) in [5.41, 5.74) is 3.13. The van der Waals surface area contributed by atoms with E-state index >= 15 is 0 Å². The van der Waals surface area contributed by atoms with Gasteiger partial charge >= 0.3 is 0 Å². The van der Waals surface area contributed by atoms with Crippen LogP contribution in [0.5, 0.6) is 11.5 Å². The van der Waals surface area contributed by atoms with Gasteiger partial charge in [-0.15, -0.1) is 0 Å². The van der Waals surface area contributed by atoms with Crippen molar-refractivity contribution in [3.05, 3.63) is 53.1 Å². The fraction of sp³-hybridized carbons (Fsp3) is 0.429. The number of rotatable bonds is 5. The van der Waals surface area contributed by atoms with E-state index in [0.29, 0.717) is 31.7 Å². The molecule has 0 radical (unpaired) electrons. The molecular weight excluding hydrogens is 362 g/mol. The van der Waals surface area contributed by atoms with Gasteiger partial charge in [0.2, 0.25) is 10.0 Å². The Kier molecular flexibility index (Phi) is 5.77. The highest BCUT2D eigenvalue weighted by molar-refractivity contribution is 7.89. The number of ether oxygens (including phenoxy) is 2. The lowest BCUT2D eigenvalue weighted by Crippen LogP contribution is -2.41. The predicted molar refractivity (Wildman–Crippen MR) is 106 cm³/mol. The standard InChI is InChI=1S/C21H27NO4S/c1-15-5-7-18(8-6-15)26-19-9-11-22(12-10-19)27(23,24)21-14-17(3)16(2)13-20(21)25-4/h5-8,13-14,19H,9-12H2,1-4H3. The smallest absolute Gasteiger partial charge is 0.246 e. The van der Waals surface area contributed by atoms with Gasteiger partial charge in [-0.2, -0.15) is 4.31 Å². The SMILES string of the molecule is COc1cc(C)c(C)cc1S(=O)(=O)N1CCC(Oc2ccc(C)cc2)CC1. The Morgan fingerprint density at radius 2 is 1.56 bits per heavy atom. The highest BCUT2D eigenvalue weighted by Crippen LogP contribution is 2.31. The minimum absolute atomic E-state index is 0.0285. The van der Waals surface area contributed by atoms with E-state index in [-0.39, 0.29) is 11.0 Å². The summed E-state index contributed by atoms with van der Waals surface area (Å²) in [5.74, 6) is 1.23. The molecule has 0 aliphatic carbocycles. The Hall–Kier alpha value is -2.05. The van der Waals surface area contributed by atoms with Crippen LogP contribution in [0, 0.1) is 20.8 Å². The van der Waals surface area contributed by atoms with E-state index in [1.54, 1.807) is 12.1 Å². The lowest BCUT2D eigenvalue weighted by molar-refractivity contribution is 0.135. The molecule has 146 valence electrons. The second-order valence-corrected chi connectivity index (χ2v) is 9.03. The average Bonchev–Trinajstić information content (AvgIpc) is 2.66. The number of piperidine rings is 1. The fourth-order valence-corrected chi connectivity index (χ4v) is 4.95. The van der Waals surface area contributed by atoms with Crippen LogP contribution >= 0.6 is 0 Å².